The van der Waals surface area contributed by atoms with E-state index in [1.165, 1.54) is 5.56 Å². The van der Waals surface area contributed by atoms with Crippen molar-refractivity contribution in [2.75, 3.05) is 19.6 Å². The van der Waals surface area contributed by atoms with Gasteiger partial charge in [0.05, 0.1) is 0 Å². The van der Waals surface area contributed by atoms with Gasteiger partial charge < -0.3 is 15.1 Å². The lowest BCUT2D eigenvalue weighted by atomic mass is 9.98. The van der Waals surface area contributed by atoms with E-state index in [0.717, 1.165) is 31.2 Å². The van der Waals surface area contributed by atoms with Gasteiger partial charge in [0.25, 0.3) is 5.91 Å². The average molecular weight is 405 g/mol. The second-order valence-corrected chi connectivity index (χ2v) is 7.98. The molecule has 0 spiro atoms. The van der Waals surface area contributed by atoms with Crippen molar-refractivity contribution in [1.29, 1.82) is 0 Å². The van der Waals surface area contributed by atoms with Crippen molar-refractivity contribution in [2.24, 2.45) is 0 Å². The molecule has 156 valence electrons. The maximum absolute atomic E-state index is 12.8. The number of fused-ring (bicyclic) bond motifs is 1. The third-order valence-corrected chi connectivity index (χ3v) is 5.88. The van der Waals surface area contributed by atoms with Gasteiger partial charge in [-0.1, -0.05) is 42.5 Å². The van der Waals surface area contributed by atoms with Crippen LogP contribution >= 0.6 is 0 Å². The molecule has 2 aromatic rings. The summed E-state index contributed by atoms with van der Waals surface area (Å²) in [4.78, 5) is 40.9. The largest absolute Gasteiger partial charge is 0.352 e. The van der Waals surface area contributed by atoms with Gasteiger partial charge >= 0.3 is 0 Å². The molecule has 0 aromatic heterocycles. The summed E-state index contributed by atoms with van der Waals surface area (Å²) in [6, 6.07) is 17.0. The molecule has 0 radical (unpaired) electrons. The molecule has 30 heavy (non-hydrogen) atoms. The van der Waals surface area contributed by atoms with Crippen molar-refractivity contribution in [3.05, 3.63) is 71.3 Å². The molecule has 1 atom stereocenters. The van der Waals surface area contributed by atoms with Crippen molar-refractivity contribution < 1.29 is 14.4 Å². The van der Waals surface area contributed by atoms with Crippen molar-refractivity contribution in [2.45, 2.75) is 38.3 Å². The summed E-state index contributed by atoms with van der Waals surface area (Å²) in [5.74, 6) is -0.0368. The maximum Gasteiger partial charge on any atom is 0.251 e. The highest BCUT2D eigenvalue weighted by molar-refractivity contribution is 5.95. The van der Waals surface area contributed by atoms with E-state index < -0.39 is 0 Å². The van der Waals surface area contributed by atoms with Gasteiger partial charge in [0.1, 0.15) is 12.6 Å². The minimum Gasteiger partial charge on any atom is -0.352 e. The zero-order valence-corrected chi connectivity index (χ0v) is 17.0. The number of nitrogens with zero attached hydrogens (tertiary/aromatic N) is 2. The van der Waals surface area contributed by atoms with Gasteiger partial charge in [0.15, 0.2) is 0 Å². The predicted molar refractivity (Wildman–Crippen MR) is 114 cm³/mol. The number of hydrogen-bond donors (Lipinski definition) is 1. The van der Waals surface area contributed by atoms with Crippen molar-refractivity contribution >= 4 is 17.7 Å². The number of piperazine rings is 1. The fourth-order valence-electron chi connectivity index (χ4n) is 4.21. The first-order valence-electron chi connectivity index (χ1n) is 10.6. The molecule has 2 heterocycles. The molecular weight excluding hydrogens is 378 g/mol. The van der Waals surface area contributed by atoms with E-state index in [1.54, 1.807) is 21.9 Å². The predicted octanol–water partition coefficient (Wildman–Crippen LogP) is 2.38. The second kappa shape index (κ2) is 9.11. The lowest BCUT2D eigenvalue weighted by Crippen LogP contribution is -2.60. The van der Waals surface area contributed by atoms with E-state index in [-0.39, 0.29) is 30.3 Å². The number of rotatable bonds is 6. The molecule has 1 N–H and O–H groups in total. The highest BCUT2D eigenvalue weighted by Crippen LogP contribution is 2.24. The zero-order valence-electron chi connectivity index (χ0n) is 17.0. The summed E-state index contributed by atoms with van der Waals surface area (Å²) in [6.45, 7) is 1.80. The number of carbonyl (C=O) groups excluding carboxylic acids is 3. The molecule has 6 heteroatoms. The van der Waals surface area contributed by atoms with Crippen LogP contribution in [0.3, 0.4) is 0 Å². The Kier molecular flexibility index (Phi) is 6.12. The summed E-state index contributed by atoms with van der Waals surface area (Å²) < 4.78 is 0. The monoisotopic (exact) mass is 405 g/mol. The topological polar surface area (TPSA) is 69.7 Å². The Morgan fingerprint density at radius 2 is 1.73 bits per heavy atom. The van der Waals surface area contributed by atoms with Crippen molar-refractivity contribution in [3.63, 3.8) is 0 Å². The molecule has 2 aliphatic rings. The maximum atomic E-state index is 12.8. The van der Waals surface area contributed by atoms with Gasteiger partial charge in [-0.05, 0) is 48.9 Å². The fourth-order valence-corrected chi connectivity index (χ4v) is 4.21. The number of piperidine rings is 1. The molecule has 2 saturated heterocycles. The third kappa shape index (κ3) is 4.53. The van der Waals surface area contributed by atoms with Crippen LogP contribution in [-0.4, -0.2) is 53.2 Å². The molecule has 0 bridgehead atoms. The summed E-state index contributed by atoms with van der Waals surface area (Å²) in [7, 11) is 0. The van der Waals surface area contributed by atoms with Gasteiger partial charge in [0, 0.05) is 25.2 Å². The summed E-state index contributed by atoms with van der Waals surface area (Å²) in [5.41, 5.74) is 2.69. The van der Waals surface area contributed by atoms with Gasteiger partial charge in [0.2, 0.25) is 11.8 Å². The van der Waals surface area contributed by atoms with Gasteiger partial charge in [-0.2, -0.15) is 0 Å². The summed E-state index contributed by atoms with van der Waals surface area (Å²) in [5, 5.41) is 2.94. The van der Waals surface area contributed by atoms with E-state index >= 15 is 0 Å². The molecule has 2 fully saturated rings. The lowest BCUT2D eigenvalue weighted by molar-refractivity contribution is -0.158. The molecule has 2 aliphatic heterocycles. The van der Waals surface area contributed by atoms with E-state index in [1.807, 2.05) is 42.5 Å². The van der Waals surface area contributed by atoms with Crippen LogP contribution in [0.25, 0.3) is 0 Å². The van der Waals surface area contributed by atoms with Crippen LogP contribution in [0.4, 0.5) is 0 Å². The number of nitrogens with one attached hydrogen (secondary N) is 1. The standard InChI is InChI=1S/C24H27N3O3/c28-22-17-26(24(30)21-8-4-5-15-27(21)22)16-19-9-11-20(12-10-19)23(29)25-14-13-18-6-2-1-3-7-18/h1-3,6-7,9-12,21H,4-5,8,13-17H2,(H,25,29)/t21-/m1/s1. The third-order valence-electron chi connectivity index (χ3n) is 5.88. The Morgan fingerprint density at radius 3 is 2.50 bits per heavy atom. The second-order valence-electron chi connectivity index (χ2n) is 7.98. The zero-order chi connectivity index (χ0) is 20.9. The molecule has 4 rings (SSSR count). The van der Waals surface area contributed by atoms with E-state index in [4.69, 9.17) is 0 Å². The Morgan fingerprint density at radius 1 is 0.967 bits per heavy atom. The molecule has 0 saturated carbocycles. The van der Waals surface area contributed by atoms with Gasteiger partial charge in [-0.25, -0.2) is 0 Å². The molecule has 6 nitrogen and oxygen atoms in total. The average Bonchev–Trinajstić information content (AvgIpc) is 2.78. The Labute approximate surface area is 176 Å². The highest BCUT2D eigenvalue weighted by atomic mass is 16.2. The van der Waals surface area contributed by atoms with E-state index in [0.29, 0.717) is 25.2 Å². The van der Waals surface area contributed by atoms with Crippen LogP contribution in [0, 0.1) is 0 Å². The first-order valence-corrected chi connectivity index (χ1v) is 10.6. The van der Waals surface area contributed by atoms with E-state index in [9.17, 15) is 14.4 Å². The molecular formula is C24H27N3O3. The molecule has 0 unspecified atom stereocenters. The molecule has 3 amide bonds. The number of hydrogen-bond acceptors (Lipinski definition) is 3. The smallest absolute Gasteiger partial charge is 0.251 e. The Balaban J connectivity index is 1.31. The van der Waals surface area contributed by atoms with Gasteiger partial charge in [-0.3, -0.25) is 14.4 Å². The van der Waals surface area contributed by atoms with Crippen LogP contribution in [-0.2, 0) is 22.6 Å². The Hall–Kier alpha value is -3.15. The minimum atomic E-state index is -0.297. The van der Waals surface area contributed by atoms with Crippen LogP contribution in [0.2, 0.25) is 0 Å². The number of amides is 3. The molecule has 2 aromatic carbocycles. The first kappa shape index (κ1) is 20.1. The van der Waals surface area contributed by atoms with E-state index in [2.05, 4.69) is 5.32 Å². The lowest BCUT2D eigenvalue weighted by Gasteiger charge is -2.42. The van der Waals surface area contributed by atoms with Crippen molar-refractivity contribution in [1.82, 2.24) is 15.1 Å². The molecule has 0 aliphatic carbocycles. The summed E-state index contributed by atoms with van der Waals surface area (Å²) >= 11 is 0. The summed E-state index contributed by atoms with van der Waals surface area (Å²) in [6.07, 6.45) is 3.50. The van der Waals surface area contributed by atoms with Crippen LogP contribution in [0.15, 0.2) is 54.6 Å². The Bertz CT molecular complexity index is 911. The number of benzene rings is 2. The van der Waals surface area contributed by atoms with Gasteiger partial charge in [-0.15, -0.1) is 0 Å². The van der Waals surface area contributed by atoms with Crippen molar-refractivity contribution in [3.8, 4) is 0 Å². The van der Waals surface area contributed by atoms with Crippen LogP contribution < -0.4 is 5.32 Å². The normalized spacial score (nSPS) is 18.9. The highest BCUT2D eigenvalue weighted by Gasteiger charge is 2.40. The minimum absolute atomic E-state index is 0.0358. The number of carbonyl (C=O) groups is 3. The fraction of sp³-hybridized carbons (Fsp3) is 0.375. The quantitative estimate of drug-likeness (QED) is 0.802. The SMILES string of the molecule is O=C(NCCc1ccccc1)c1ccc(CN2CC(=O)N3CCCC[C@@H]3C2=O)cc1. The first-order chi connectivity index (χ1) is 14.6. The van der Waals surface area contributed by atoms with Crippen LogP contribution in [0.1, 0.15) is 40.7 Å². The van der Waals surface area contributed by atoms with Crippen LogP contribution in [0.5, 0.6) is 0 Å².